The Bertz CT molecular complexity index is 592. The van der Waals surface area contributed by atoms with Crippen LogP contribution in [0.25, 0.3) is 0 Å². The summed E-state index contributed by atoms with van der Waals surface area (Å²) >= 11 is 0. The minimum atomic E-state index is -3.48. The first-order valence-electron chi connectivity index (χ1n) is 6.63. The zero-order valence-corrected chi connectivity index (χ0v) is 12.3. The Hall–Kier alpha value is -1.46. The van der Waals surface area contributed by atoms with Crippen LogP contribution in [0.15, 0.2) is 41.8 Å². The average molecular weight is 293 g/mol. The maximum absolute atomic E-state index is 12.6. The lowest BCUT2D eigenvalue weighted by molar-refractivity contribution is -0.113. The Balaban J connectivity index is 2.24. The molecule has 1 aromatic rings. The molecule has 1 heterocycles. The molecule has 5 heteroatoms. The summed E-state index contributed by atoms with van der Waals surface area (Å²) in [7, 11) is -3.48. The van der Waals surface area contributed by atoms with Gasteiger partial charge < -0.3 is 4.79 Å². The Kier molecular flexibility index (Phi) is 4.40. The van der Waals surface area contributed by atoms with E-state index in [9.17, 15) is 13.2 Å². The van der Waals surface area contributed by atoms with Crippen LogP contribution in [-0.4, -0.2) is 32.1 Å². The van der Waals surface area contributed by atoms with E-state index in [1.165, 1.54) is 4.31 Å². The molecule has 1 fully saturated rings. The quantitative estimate of drug-likeness (QED) is 0.630. The number of benzene rings is 1. The fraction of sp³-hybridized carbons (Fsp3) is 0.400. The van der Waals surface area contributed by atoms with Gasteiger partial charge in [0.2, 0.25) is 10.0 Å². The Morgan fingerprint density at radius 1 is 1.25 bits per heavy atom. The van der Waals surface area contributed by atoms with Crippen LogP contribution in [0.1, 0.15) is 12.0 Å². The van der Waals surface area contributed by atoms with Crippen molar-refractivity contribution in [2.75, 3.05) is 13.1 Å². The molecule has 0 amide bonds. The molecule has 1 aliphatic rings. The number of rotatable bonds is 4. The molecule has 2 atom stereocenters. The van der Waals surface area contributed by atoms with Crippen LogP contribution in [0, 0.1) is 18.8 Å². The molecule has 0 aromatic heterocycles. The summed E-state index contributed by atoms with van der Waals surface area (Å²) in [6.07, 6.45) is 3.13. The van der Waals surface area contributed by atoms with Gasteiger partial charge in [-0.15, -0.1) is 6.58 Å². The molecule has 1 saturated heterocycles. The summed E-state index contributed by atoms with van der Waals surface area (Å²) < 4.78 is 26.6. The van der Waals surface area contributed by atoms with Gasteiger partial charge >= 0.3 is 0 Å². The Labute approximate surface area is 120 Å². The molecule has 108 valence electrons. The van der Waals surface area contributed by atoms with E-state index in [4.69, 9.17) is 0 Å². The first-order chi connectivity index (χ1) is 9.48. The number of nitrogens with zero attached hydrogens (tertiary/aromatic N) is 1. The molecule has 0 N–H and O–H groups in total. The maximum atomic E-state index is 12.6. The highest BCUT2D eigenvalue weighted by molar-refractivity contribution is 7.89. The van der Waals surface area contributed by atoms with Crippen LogP contribution < -0.4 is 0 Å². The molecule has 1 aliphatic heterocycles. The molecular weight excluding hydrogens is 274 g/mol. The van der Waals surface area contributed by atoms with E-state index >= 15 is 0 Å². The predicted molar refractivity (Wildman–Crippen MR) is 77.8 cm³/mol. The largest absolute Gasteiger partial charge is 0.303 e. The van der Waals surface area contributed by atoms with Gasteiger partial charge in [0.25, 0.3) is 0 Å². The second-order valence-corrected chi connectivity index (χ2v) is 7.10. The third-order valence-corrected chi connectivity index (χ3v) is 5.69. The molecule has 20 heavy (non-hydrogen) atoms. The van der Waals surface area contributed by atoms with Crippen molar-refractivity contribution in [3.63, 3.8) is 0 Å². The summed E-state index contributed by atoms with van der Waals surface area (Å²) in [5.41, 5.74) is 1.02. The minimum Gasteiger partial charge on any atom is -0.303 e. The van der Waals surface area contributed by atoms with Gasteiger partial charge in [0.05, 0.1) is 4.90 Å². The van der Waals surface area contributed by atoms with Crippen molar-refractivity contribution in [2.24, 2.45) is 11.8 Å². The van der Waals surface area contributed by atoms with E-state index in [-0.39, 0.29) is 11.8 Å². The first kappa shape index (κ1) is 14.9. The summed E-state index contributed by atoms with van der Waals surface area (Å²) in [5, 5.41) is 0. The number of aryl methyl sites for hydroxylation is 1. The predicted octanol–water partition coefficient (Wildman–Crippen LogP) is 2.01. The highest BCUT2D eigenvalue weighted by Crippen LogP contribution is 2.27. The fourth-order valence-electron chi connectivity index (χ4n) is 2.46. The lowest BCUT2D eigenvalue weighted by Gasteiger charge is -2.34. The van der Waals surface area contributed by atoms with Crippen LogP contribution in [0.4, 0.5) is 0 Å². The standard InChI is InChI=1S/C15H19NO3S/c1-3-13-10-16(9-8-14(13)11-17)20(18,19)15-6-4-12(2)5-7-15/h3-7,11,13-14H,1,8-10H2,2H3/t13-,14?/m1/s1. The van der Waals surface area contributed by atoms with Gasteiger partial charge in [-0.2, -0.15) is 4.31 Å². The first-order valence-corrected chi connectivity index (χ1v) is 8.07. The number of sulfonamides is 1. The number of carbonyl (C=O) groups excluding carboxylic acids is 1. The van der Waals surface area contributed by atoms with Crippen LogP contribution in [0.5, 0.6) is 0 Å². The van der Waals surface area contributed by atoms with Crippen molar-refractivity contribution in [2.45, 2.75) is 18.2 Å². The van der Waals surface area contributed by atoms with Crippen molar-refractivity contribution in [3.8, 4) is 0 Å². The molecule has 2 rings (SSSR count). The SMILES string of the molecule is C=C[C@@H]1CN(S(=O)(=O)c2ccc(C)cc2)CCC1C=O. The van der Waals surface area contributed by atoms with E-state index in [1.54, 1.807) is 30.3 Å². The number of piperidine rings is 1. The molecule has 0 bridgehead atoms. The second kappa shape index (κ2) is 5.89. The third-order valence-electron chi connectivity index (χ3n) is 3.81. The molecule has 1 unspecified atom stereocenters. The van der Waals surface area contributed by atoms with Crippen molar-refractivity contribution < 1.29 is 13.2 Å². The van der Waals surface area contributed by atoms with E-state index in [1.807, 2.05) is 6.92 Å². The van der Waals surface area contributed by atoms with E-state index in [2.05, 4.69) is 6.58 Å². The monoisotopic (exact) mass is 293 g/mol. The maximum Gasteiger partial charge on any atom is 0.243 e. The van der Waals surface area contributed by atoms with Crippen molar-refractivity contribution in [1.82, 2.24) is 4.31 Å². The van der Waals surface area contributed by atoms with Gasteiger partial charge in [-0.3, -0.25) is 0 Å². The van der Waals surface area contributed by atoms with E-state index < -0.39 is 10.0 Å². The lowest BCUT2D eigenvalue weighted by atomic mass is 9.88. The Morgan fingerprint density at radius 2 is 1.90 bits per heavy atom. The highest BCUT2D eigenvalue weighted by atomic mass is 32.2. The molecule has 0 radical (unpaired) electrons. The molecule has 4 nitrogen and oxygen atoms in total. The Morgan fingerprint density at radius 3 is 2.45 bits per heavy atom. The van der Waals surface area contributed by atoms with E-state index in [0.717, 1.165) is 11.8 Å². The minimum absolute atomic E-state index is 0.110. The van der Waals surface area contributed by atoms with Gasteiger partial charge in [-0.25, -0.2) is 8.42 Å². The number of hydrogen-bond acceptors (Lipinski definition) is 3. The zero-order chi connectivity index (χ0) is 14.8. The van der Waals surface area contributed by atoms with Gasteiger partial charge in [0.15, 0.2) is 0 Å². The van der Waals surface area contributed by atoms with Crippen LogP contribution in [0.3, 0.4) is 0 Å². The number of hydrogen-bond donors (Lipinski definition) is 0. The summed E-state index contributed by atoms with van der Waals surface area (Å²) in [6.45, 7) is 6.32. The number of carbonyl (C=O) groups is 1. The van der Waals surface area contributed by atoms with Crippen molar-refractivity contribution in [3.05, 3.63) is 42.5 Å². The third kappa shape index (κ3) is 2.83. The molecule has 1 aromatic carbocycles. The second-order valence-electron chi connectivity index (χ2n) is 5.16. The van der Waals surface area contributed by atoms with Gasteiger partial charge in [0.1, 0.15) is 6.29 Å². The smallest absolute Gasteiger partial charge is 0.243 e. The lowest BCUT2D eigenvalue weighted by Crippen LogP contribution is -2.43. The van der Waals surface area contributed by atoms with Gasteiger partial charge in [-0.05, 0) is 31.4 Å². The van der Waals surface area contributed by atoms with E-state index in [0.29, 0.717) is 24.4 Å². The van der Waals surface area contributed by atoms with Crippen LogP contribution in [0.2, 0.25) is 0 Å². The fourth-order valence-corrected chi connectivity index (χ4v) is 3.96. The molecule has 0 aliphatic carbocycles. The summed E-state index contributed by atoms with van der Waals surface area (Å²) in [5.74, 6) is -0.238. The number of aldehydes is 1. The molecule has 0 spiro atoms. The van der Waals surface area contributed by atoms with Crippen LogP contribution >= 0.6 is 0 Å². The molecular formula is C15H19NO3S. The average Bonchev–Trinajstić information content (AvgIpc) is 2.46. The normalized spacial score (nSPS) is 24.2. The van der Waals surface area contributed by atoms with Crippen molar-refractivity contribution in [1.29, 1.82) is 0 Å². The van der Waals surface area contributed by atoms with Crippen molar-refractivity contribution >= 4 is 16.3 Å². The topological polar surface area (TPSA) is 54.5 Å². The van der Waals surface area contributed by atoms with Gasteiger partial charge in [0, 0.05) is 19.0 Å². The van der Waals surface area contributed by atoms with Crippen LogP contribution in [-0.2, 0) is 14.8 Å². The zero-order valence-electron chi connectivity index (χ0n) is 11.5. The highest BCUT2D eigenvalue weighted by Gasteiger charge is 2.33. The summed E-state index contributed by atoms with van der Waals surface area (Å²) in [4.78, 5) is 11.3. The molecule has 0 saturated carbocycles. The summed E-state index contributed by atoms with van der Waals surface area (Å²) in [6, 6.07) is 6.82. The van der Waals surface area contributed by atoms with Gasteiger partial charge in [-0.1, -0.05) is 23.8 Å².